The van der Waals surface area contributed by atoms with Crippen LogP contribution in [0.3, 0.4) is 0 Å². The summed E-state index contributed by atoms with van der Waals surface area (Å²) in [7, 11) is 0. The van der Waals surface area contributed by atoms with Crippen LogP contribution in [0, 0.1) is 0 Å². The minimum Gasteiger partial charge on any atom is -0.337 e. The number of carbonyl (C=O) groups excluding carboxylic acids is 1. The molecular formula is C16H25N3O. The van der Waals surface area contributed by atoms with Crippen molar-refractivity contribution in [2.75, 3.05) is 19.6 Å². The van der Waals surface area contributed by atoms with Gasteiger partial charge < -0.3 is 10.6 Å². The lowest BCUT2D eigenvalue weighted by Gasteiger charge is -2.40. The normalized spacial score (nSPS) is 21.8. The third-order valence-electron chi connectivity index (χ3n) is 3.78. The van der Waals surface area contributed by atoms with Crippen LogP contribution in [0.15, 0.2) is 30.3 Å². The molecule has 1 saturated heterocycles. The van der Waals surface area contributed by atoms with E-state index in [0.717, 1.165) is 26.2 Å². The van der Waals surface area contributed by atoms with Gasteiger partial charge >= 0.3 is 0 Å². The van der Waals surface area contributed by atoms with Crippen molar-refractivity contribution >= 4 is 5.91 Å². The predicted molar refractivity (Wildman–Crippen MR) is 81.2 cm³/mol. The Morgan fingerprint density at radius 2 is 2.05 bits per heavy atom. The number of nitrogens with two attached hydrogens (primary N) is 1. The molecule has 0 bridgehead atoms. The standard InChI is InChI=1S/C16H25N3O/c1-13(17)10-16(20)19-9-8-18(11-14(19)2)12-15-6-4-3-5-7-15/h3-7,13-14H,8-12,17H2,1-2H3. The Labute approximate surface area is 121 Å². The minimum atomic E-state index is -0.0583. The van der Waals surface area contributed by atoms with Crippen molar-refractivity contribution in [2.45, 2.75) is 38.9 Å². The highest BCUT2D eigenvalue weighted by Gasteiger charge is 2.27. The van der Waals surface area contributed by atoms with Crippen molar-refractivity contribution in [3.63, 3.8) is 0 Å². The molecule has 2 unspecified atom stereocenters. The van der Waals surface area contributed by atoms with Gasteiger partial charge in [0.05, 0.1) is 0 Å². The Kier molecular flexibility index (Phi) is 5.15. The van der Waals surface area contributed by atoms with Crippen LogP contribution in [0.4, 0.5) is 0 Å². The third-order valence-corrected chi connectivity index (χ3v) is 3.78. The Morgan fingerprint density at radius 1 is 1.35 bits per heavy atom. The van der Waals surface area contributed by atoms with Crippen LogP contribution in [0.5, 0.6) is 0 Å². The minimum absolute atomic E-state index is 0.0583. The number of rotatable bonds is 4. The van der Waals surface area contributed by atoms with E-state index in [1.54, 1.807) is 0 Å². The number of nitrogens with zero attached hydrogens (tertiary/aromatic N) is 2. The summed E-state index contributed by atoms with van der Waals surface area (Å²) in [4.78, 5) is 16.5. The van der Waals surface area contributed by atoms with Crippen LogP contribution < -0.4 is 5.73 Å². The molecule has 1 aliphatic heterocycles. The van der Waals surface area contributed by atoms with Crippen molar-refractivity contribution in [3.05, 3.63) is 35.9 Å². The zero-order valence-electron chi connectivity index (χ0n) is 12.5. The van der Waals surface area contributed by atoms with Crippen molar-refractivity contribution in [1.29, 1.82) is 0 Å². The van der Waals surface area contributed by atoms with E-state index in [1.165, 1.54) is 5.56 Å². The molecule has 20 heavy (non-hydrogen) atoms. The highest BCUT2D eigenvalue weighted by atomic mass is 16.2. The first-order valence-electron chi connectivity index (χ1n) is 7.37. The summed E-state index contributed by atoms with van der Waals surface area (Å²) in [5.41, 5.74) is 7.05. The molecule has 1 fully saturated rings. The van der Waals surface area contributed by atoms with Gasteiger partial charge in [-0.05, 0) is 19.4 Å². The summed E-state index contributed by atoms with van der Waals surface area (Å²) >= 11 is 0. The molecule has 1 aromatic rings. The Hall–Kier alpha value is -1.39. The van der Waals surface area contributed by atoms with E-state index in [1.807, 2.05) is 17.9 Å². The molecule has 1 amide bonds. The third kappa shape index (κ3) is 4.05. The van der Waals surface area contributed by atoms with Crippen molar-refractivity contribution in [2.24, 2.45) is 5.73 Å². The van der Waals surface area contributed by atoms with Gasteiger partial charge in [-0.1, -0.05) is 30.3 Å². The van der Waals surface area contributed by atoms with E-state index in [2.05, 4.69) is 36.1 Å². The van der Waals surface area contributed by atoms with Crippen LogP contribution in [0.25, 0.3) is 0 Å². The quantitative estimate of drug-likeness (QED) is 0.905. The highest BCUT2D eigenvalue weighted by Crippen LogP contribution is 2.14. The first-order valence-corrected chi connectivity index (χ1v) is 7.37. The largest absolute Gasteiger partial charge is 0.337 e. The first-order chi connectivity index (χ1) is 9.56. The van der Waals surface area contributed by atoms with Gasteiger partial charge in [-0.25, -0.2) is 0 Å². The van der Waals surface area contributed by atoms with Crippen LogP contribution in [-0.4, -0.2) is 47.4 Å². The molecule has 0 aromatic heterocycles. The molecular weight excluding hydrogens is 250 g/mol. The molecule has 4 heteroatoms. The van der Waals surface area contributed by atoms with Crippen LogP contribution in [0.1, 0.15) is 25.8 Å². The van der Waals surface area contributed by atoms with E-state index >= 15 is 0 Å². The molecule has 4 nitrogen and oxygen atoms in total. The number of amides is 1. The predicted octanol–water partition coefficient (Wildman–Crippen LogP) is 1.46. The van der Waals surface area contributed by atoms with Gasteiger partial charge in [0.1, 0.15) is 0 Å². The molecule has 2 N–H and O–H groups in total. The Balaban J connectivity index is 1.87. The SMILES string of the molecule is CC(N)CC(=O)N1CCN(Cc2ccccc2)CC1C. The Morgan fingerprint density at radius 3 is 2.65 bits per heavy atom. The fourth-order valence-corrected chi connectivity index (χ4v) is 2.78. The van der Waals surface area contributed by atoms with Gasteiger partial charge in [0.25, 0.3) is 0 Å². The van der Waals surface area contributed by atoms with Crippen LogP contribution in [-0.2, 0) is 11.3 Å². The number of piperazine rings is 1. The first kappa shape index (κ1) is 15.0. The van der Waals surface area contributed by atoms with Gasteiger partial charge in [-0.15, -0.1) is 0 Å². The molecule has 1 aliphatic rings. The maximum atomic E-state index is 12.1. The molecule has 1 aromatic carbocycles. The van der Waals surface area contributed by atoms with Crippen molar-refractivity contribution in [3.8, 4) is 0 Å². The monoisotopic (exact) mass is 275 g/mol. The van der Waals surface area contributed by atoms with Gasteiger partial charge in [0.15, 0.2) is 0 Å². The maximum Gasteiger partial charge on any atom is 0.224 e. The maximum absolute atomic E-state index is 12.1. The number of hydrogen-bond donors (Lipinski definition) is 1. The highest BCUT2D eigenvalue weighted by molar-refractivity contribution is 5.77. The van der Waals surface area contributed by atoms with E-state index < -0.39 is 0 Å². The second-order valence-electron chi connectivity index (χ2n) is 5.84. The molecule has 0 spiro atoms. The Bertz CT molecular complexity index is 433. The lowest BCUT2D eigenvalue weighted by Crippen LogP contribution is -2.54. The zero-order valence-corrected chi connectivity index (χ0v) is 12.5. The van der Waals surface area contributed by atoms with Crippen LogP contribution >= 0.6 is 0 Å². The smallest absolute Gasteiger partial charge is 0.224 e. The number of hydrogen-bond acceptors (Lipinski definition) is 3. The van der Waals surface area contributed by atoms with E-state index in [0.29, 0.717) is 6.42 Å². The molecule has 2 rings (SSSR count). The molecule has 0 aliphatic carbocycles. The van der Waals surface area contributed by atoms with E-state index in [-0.39, 0.29) is 18.0 Å². The van der Waals surface area contributed by atoms with Gasteiger partial charge in [0.2, 0.25) is 5.91 Å². The second-order valence-corrected chi connectivity index (χ2v) is 5.84. The van der Waals surface area contributed by atoms with E-state index in [4.69, 9.17) is 5.73 Å². The molecule has 1 heterocycles. The second kappa shape index (κ2) is 6.86. The summed E-state index contributed by atoms with van der Waals surface area (Å²) in [6, 6.07) is 10.7. The summed E-state index contributed by atoms with van der Waals surface area (Å²) in [5.74, 6) is 0.187. The number of carbonyl (C=O) groups is 1. The average molecular weight is 275 g/mol. The molecule has 0 radical (unpaired) electrons. The average Bonchev–Trinajstić information content (AvgIpc) is 2.39. The topological polar surface area (TPSA) is 49.6 Å². The van der Waals surface area contributed by atoms with Crippen molar-refractivity contribution < 1.29 is 4.79 Å². The number of benzene rings is 1. The summed E-state index contributed by atoms with van der Waals surface area (Å²) in [6.07, 6.45) is 0.447. The summed E-state index contributed by atoms with van der Waals surface area (Å²) in [5, 5.41) is 0. The lowest BCUT2D eigenvalue weighted by atomic mass is 10.1. The molecule has 2 atom stereocenters. The summed E-state index contributed by atoms with van der Waals surface area (Å²) in [6.45, 7) is 7.63. The van der Waals surface area contributed by atoms with Crippen LogP contribution in [0.2, 0.25) is 0 Å². The lowest BCUT2D eigenvalue weighted by molar-refractivity contribution is -0.136. The van der Waals surface area contributed by atoms with Gasteiger partial charge in [-0.3, -0.25) is 9.69 Å². The van der Waals surface area contributed by atoms with Crippen molar-refractivity contribution in [1.82, 2.24) is 9.80 Å². The summed E-state index contributed by atoms with van der Waals surface area (Å²) < 4.78 is 0. The molecule has 0 saturated carbocycles. The van der Waals surface area contributed by atoms with Gasteiger partial charge in [0, 0.05) is 44.7 Å². The fraction of sp³-hybridized carbons (Fsp3) is 0.562. The zero-order chi connectivity index (χ0) is 14.5. The van der Waals surface area contributed by atoms with E-state index in [9.17, 15) is 4.79 Å². The fourth-order valence-electron chi connectivity index (χ4n) is 2.78. The molecule has 110 valence electrons. The van der Waals surface area contributed by atoms with Gasteiger partial charge in [-0.2, -0.15) is 0 Å².